The zero-order valence-corrected chi connectivity index (χ0v) is 22.6. The topological polar surface area (TPSA) is 121 Å². The Morgan fingerprint density at radius 3 is 1.26 bits per heavy atom. The van der Waals surface area contributed by atoms with Gasteiger partial charge in [0.05, 0.1) is 34.7 Å². The normalized spacial score (nSPS) is 12.5. The van der Waals surface area contributed by atoms with Gasteiger partial charge in [0.15, 0.2) is 0 Å². The average Bonchev–Trinajstić information content (AvgIpc) is 2.98. The maximum absolute atomic E-state index is 12.5. The fraction of sp³-hybridized carbons (Fsp3) is 0.0714. The SMILES string of the molecule is [Ni+2].[OH2+]C(=NN=Cc1cccc(C(F)(F)F)c1)c1ccncc1.[OH2+]C(=NN=Cc1cccc(C(F)(F)F)c1)c1ccncc1. The summed E-state index contributed by atoms with van der Waals surface area (Å²) in [6.45, 7) is 0. The van der Waals surface area contributed by atoms with Crippen LogP contribution >= 0.6 is 0 Å². The Hall–Kier alpha value is -4.91. The summed E-state index contributed by atoms with van der Waals surface area (Å²) >= 11 is 0. The third kappa shape index (κ3) is 11.5. The van der Waals surface area contributed by atoms with Gasteiger partial charge >= 0.3 is 40.6 Å². The van der Waals surface area contributed by atoms with Gasteiger partial charge in [0.2, 0.25) is 0 Å². The molecule has 0 aliphatic carbocycles. The van der Waals surface area contributed by atoms with E-state index in [2.05, 4.69) is 30.4 Å². The van der Waals surface area contributed by atoms with Crippen molar-refractivity contribution in [3.63, 3.8) is 0 Å². The minimum atomic E-state index is -4.40. The number of alkyl halides is 6. The largest absolute Gasteiger partial charge is 2.00 e. The fourth-order valence-corrected chi connectivity index (χ4v) is 3.03. The number of pyridine rings is 2. The predicted molar refractivity (Wildman–Crippen MR) is 147 cm³/mol. The molecule has 2 aromatic heterocycles. The second kappa shape index (κ2) is 15.9. The van der Waals surface area contributed by atoms with Gasteiger partial charge in [-0.1, -0.05) is 34.5 Å². The van der Waals surface area contributed by atoms with Crippen LogP contribution in [0.25, 0.3) is 0 Å². The minimum Gasteiger partial charge on any atom is -0.577 e. The molecule has 43 heavy (non-hydrogen) atoms. The molecule has 0 fully saturated rings. The summed E-state index contributed by atoms with van der Waals surface area (Å²) in [5, 5.41) is 29.8. The van der Waals surface area contributed by atoms with Gasteiger partial charge in [0.25, 0.3) is 0 Å². The summed E-state index contributed by atoms with van der Waals surface area (Å²) in [4.78, 5) is 7.61. The Balaban J connectivity index is 0.000000293. The molecule has 0 spiro atoms. The van der Waals surface area contributed by atoms with Crippen molar-refractivity contribution >= 4 is 24.2 Å². The van der Waals surface area contributed by atoms with Crippen molar-refractivity contribution in [3.05, 3.63) is 131 Å². The van der Waals surface area contributed by atoms with Crippen molar-refractivity contribution < 1.29 is 53.0 Å². The standard InChI is InChI=1S/2C14H10F3N3O.Ni/c2*15-14(16,17)12-3-1-2-10(8-12)9-19-20-13(21)11-4-6-18-7-5-11;/h2*1-9H,(H,20,21);/q;;+2/p+2. The average molecular weight is 647 g/mol. The first-order valence-corrected chi connectivity index (χ1v) is 11.7. The molecule has 4 aromatic rings. The van der Waals surface area contributed by atoms with Gasteiger partial charge in [-0.2, -0.15) is 36.5 Å². The number of halogens is 6. The van der Waals surface area contributed by atoms with Gasteiger partial charge < -0.3 is 10.2 Å². The smallest absolute Gasteiger partial charge is 0.577 e. The third-order valence-corrected chi connectivity index (χ3v) is 5.06. The van der Waals surface area contributed by atoms with E-state index in [1.807, 2.05) is 0 Å². The van der Waals surface area contributed by atoms with Crippen LogP contribution in [0.2, 0.25) is 0 Å². The van der Waals surface area contributed by atoms with Gasteiger partial charge in [-0.05, 0) is 59.7 Å². The van der Waals surface area contributed by atoms with Crippen molar-refractivity contribution in [3.8, 4) is 0 Å². The molecule has 0 saturated carbocycles. The van der Waals surface area contributed by atoms with Crippen molar-refractivity contribution in [2.45, 2.75) is 12.4 Å². The number of rotatable bonds is 6. The summed E-state index contributed by atoms with van der Waals surface area (Å²) in [7, 11) is 0. The number of nitrogens with zero attached hydrogens (tertiary/aromatic N) is 6. The van der Waals surface area contributed by atoms with E-state index in [0.29, 0.717) is 11.1 Å². The quantitative estimate of drug-likeness (QED) is 0.0714. The number of hydrogen-bond donors (Lipinski definition) is 0. The Kier molecular flexibility index (Phi) is 12.7. The van der Waals surface area contributed by atoms with Crippen LogP contribution in [-0.4, -0.2) is 44.4 Å². The fourth-order valence-electron chi connectivity index (χ4n) is 3.03. The van der Waals surface area contributed by atoms with Crippen LogP contribution in [0.3, 0.4) is 0 Å². The number of aromatic nitrogens is 2. The number of hydrogen-bond acceptors (Lipinski definition) is 6. The molecule has 0 unspecified atom stereocenters. The van der Waals surface area contributed by atoms with Gasteiger partial charge in [-0.15, -0.1) is 0 Å². The second-order valence-corrected chi connectivity index (χ2v) is 8.10. The molecule has 0 radical (unpaired) electrons. The molecule has 0 saturated heterocycles. The molecule has 224 valence electrons. The minimum absolute atomic E-state index is 0. The van der Waals surface area contributed by atoms with E-state index in [9.17, 15) is 26.3 Å². The third-order valence-electron chi connectivity index (χ3n) is 5.06. The van der Waals surface area contributed by atoms with Gasteiger partial charge in [0, 0.05) is 24.8 Å². The first kappa shape index (κ1) is 34.3. The van der Waals surface area contributed by atoms with Crippen LogP contribution in [0.5, 0.6) is 0 Å². The molecule has 2 heterocycles. The second-order valence-electron chi connectivity index (χ2n) is 8.10. The van der Waals surface area contributed by atoms with Crippen molar-refractivity contribution in [2.75, 3.05) is 0 Å². The van der Waals surface area contributed by atoms with Crippen LogP contribution in [0.1, 0.15) is 33.4 Å². The summed E-state index contributed by atoms with van der Waals surface area (Å²) in [5.74, 6) is -0.193. The Morgan fingerprint density at radius 2 is 0.930 bits per heavy atom. The molecule has 0 aliphatic rings. The molecular weight excluding hydrogens is 625 g/mol. The Morgan fingerprint density at radius 1 is 0.581 bits per heavy atom. The maximum Gasteiger partial charge on any atom is 2.00 e. The first-order chi connectivity index (χ1) is 19.9. The molecule has 0 bridgehead atoms. The van der Waals surface area contributed by atoms with E-state index in [0.717, 1.165) is 24.3 Å². The van der Waals surface area contributed by atoms with Crippen LogP contribution in [-0.2, 0) is 28.8 Å². The summed E-state index contributed by atoms with van der Waals surface area (Å²) < 4.78 is 75.2. The first-order valence-electron chi connectivity index (χ1n) is 11.7. The van der Waals surface area contributed by atoms with Crippen molar-refractivity contribution in [2.24, 2.45) is 20.4 Å². The van der Waals surface area contributed by atoms with Crippen LogP contribution in [0, 0.1) is 0 Å². The Bertz CT molecular complexity index is 1460. The van der Waals surface area contributed by atoms with Gasteiger partial charge in [-0.25, -0.2) is 0 Å². The van der Waals surface area contributed by atoms with E-state index in [4.69, 9.17) is 10.2 Å². The molecule has 4 N–H and O–H groups in total. The van der Waals surface area contributed by atoms with E-state index in [-0.39, 0.29) is 39.4 Å². The molecule has 0 aliphatic heterocycles. The molecule has 0 atom stereocenters. The monoisotopic (exact) mass is 646 g/mol. The Labute approximate surface area is 250 Å². The zero-order valence-electron chi connectivity index (χ0n) is 21.7. The van der Waals surface area contributed by atoms with Crippen LogP contribution in [0.15, 0.2) is 118 Å². The molecule has 2 aromatic carbocycles. The molecule has 4 rings (SSSR count). The van der Waals surface area contributed by atoms with E-state index in [1.54, 1.807) is 24.3 Å². The molecule has 8 nitrogen and oxygen atoms in total. The maximum atomic E-state index is 12.5. The molecule has 15 heteroatoms. The van der Waals surface area contributed by atoms with Crippen molar-refractivity contribution in [1.82, 2.24) is 9.97 Å². The van der Waals surface area contributed by atoms with Crippen molar-refractivity contribution in [1.29, 1.82) is 0 Å². The van der Waals surface area contributed by atoms with E-state index < -0.39 is 23.5 Å². The zero-order chi connectivity index (χ0) is 30.6. The van der Waals surface area contributed by atoms with Crippen LogP contribution in [0.4, 0.5) is 26.3 Å². The molecular formula is C28H22F6N6NiO2+4. The van der Waals surface area contributed by atoms with Gasteiger partial charge in [0.1, 0.15) is 0 Å². The summed E-state index contributed by atoms with van der Waals surface area (Å²) in [6.07, 6.45) is -0.414. The number of benzene rings is 2. The van der Waals surface area contributed by atoms with E-state index >= 15 is 0 Å². The van der Waals surface area contributed by atoms with E-state index in [1.165, 1.54) is 61.5 Å². The summed E-state index contributed by atoms with van der Waals surface area (Å²) in [6, 6.07) is 15.8. The van der Waals surface area contributed by atoms with Crippen LogP contribution < -0.4 is 0 Å². The molecule has 0 amide bonds. The predicted octanol–water partition coefficient (Wildman–Crippen LogP) is 5.21. The summed E-state index contributed by atoms with van der Waals surface area (Å²) in [5.41, 5.74) is 0.0518. The van der Waals surface area contributed by atoms with Gasteiger partial charge in [-0.3, -0.25) is 9.97 Å².